The van der Waals surface area contributed by atoms with Crippen LogP contribution in [0.5, 0.6) is 0 Å². The van der Waals surface area contributed by atoms with Crippen LogP contribution in [0.25, 0.3) is 6.08 Å². The fraction of sp³-hybridized carbons (Fsp3) is 0.290. The first-order valence-corrected chi connectivity index (χ1v) is 15.0. The molecule has 0 fully saturated rings. The second-order valence-electron chi connectivity index (χ2n) is 9.18. The first-order chi connectivity index (χ1) is 19.7. The maximum absolute atomic E-state index is 13.8. The summed E-state index contributed by atoms with van der Waals surface area (Å²) in [5.74, 6) is -0.832. The minimum absolute atomic E-state index is 0.224. The van der Waals surface area contributed by atoms with E-state index in [2.05, 4.69) is 4.99 Å². The molecular formula is C31H33N3O5S2. The van der Waals surface area contributed by atoms with Crippen molar-refractivity contribution in [1.29, 1.82) is 0 Å². The zero-order valence-electron chi connectivity index (χ0n) is 24.0. The average Bonchev–Trinajstić information content (AvgIpc) is 3.60. The highest BCUT2D eigenvalue weighted by atomic mass is 32.1. The quantitative estimate of drug-likeness (QED) is 0.313. The maximum atomic E-state index is 13.8. The standard InChI is InChI=1S/C31H33N3O5S2/c1-7-19(4)33(23-15-13-22(14-16-23)29(36)38-8-2)20(5)12-17-25-28(35)34-27(24-11-10-18-40-24)26(30(37)39-9-3)21(6)32-31(34)41-25/h7,10-18,27H,8-9H2,1-6H3/b19-7-,20-12+,25-17-. The Balaban J connectivity index is 1.77. The summed E-state index contributed by atoms with van der Waals surface area (Å²) in [6.07, 6.45) is 5.67. The molecular weight excluding hydrogens is 558 g/mol. The van der Waals surface area contributed by atoms with Crippen molar-refractivity contribution in [3.63, 3.8) is 0 Å². The molecule has 2 aromatic heterocycles. The van der Waals surface area contributed by atoms with Crippen LogP contribution >= 0.6 is 22.7 Å². The van der Waals surface area contributed by atoms with Gasteiger partial charge in [-0.3, -0.25) is 9.36 Å². The van der Waals surface area contributed by atoms with Gasteiger partial charge in [-0.2, -0.15) is 0 Å². The zero-order valence-corrected chi connectivity index (χ0v) is 25.6. The molecule has 0 N–H and O–H groups in total. The van der Waals surface area contributed by atoms with Crippen molar-refractivity contribution < 1.29 is 19.1 Å². The SMILES string of the molecule is C/C=C(/C)N(/C(C)=C/C=c1\sc2n(c1=O)C(c1cccs1)C(C(=O)OCC)=C(C)N=2)c1ccc(C(=O)OCC)cc1. The lowest BCUT2D eigenvalue weighted by Gasteiger charge is -2.26. The summed E-state index contributed by atoms with van der Waals surface area (Å²) in [4.78, 5) is 46.9. The molecule has 41 heavy (non-hydrogen) atoms. The number of esters is 2. The molecule has 10 heteroatoms. The van der Waals surface area contributed by atoms with Gasteiger partial charge in [0.1, 0.15) is 6.04 Å². The topological polar surface area (TPSA) is 90.2 Å². The van der Waals surface area contributed by atoms with E-state index in [-0.39, 0.29) is 18.1 Å². The van der Waals surface area contributed by atoms with Gasteiger partial charge >= 0.3 is 11.9 Å². The summed E-state index contributed by atoms with van der Waals surface area (Å²) >= 11 is 2.77. The lowest BCUT2D eigenvalue weighted by atomic mass is 10.0. The highest BCUT2D eigenvalue weighted by Crippen LogP contribution is 2.33. The molecule has 0 spiro atoms. The number of ether oxygens (including phenoxy) is 2. The molecule has 3 heterocycles. The fourth-order valence-corrected chi connectivity index (χ4v) is 6.38. The summed E-state index contributed by atoms with van der Waals surface area (Å²) in [5, 5.41) is 1.92. The Morgan fingerprint density at radius 3 is 2.34 bits per heavy atom. The lowest BCUT2D eigenvalue weighted by molar-refractivity contribution is -0.139. The Kier molecular flexibility index (Phi) is 9.57. The number of anilines is 1. The third-order valence-electron chi connectivity index (χ3n) is 6.57. The number of thiophene rings is 1. The molecule has 4 rings (SSSR count). The Hall–Kier alpha value is -4.02. The minimum Gasteiger partial charge on any atom is -0.463 e. The summed E-state index contributed by atoms with van der Waals surface area (Å²) in [6.45, 7) is 11.8. The molecule has 1 aliphatic rings. The second-order valence-corrected chi connectivity index (χ2v) is 11.2. The van der Waals surface area contributed by atoms with Crippen LogP contribution in [0.2, 0.25) is 0 Å². The van der Waals surface area contributed by atoms with E-state index < -0.39 is 12.0 Å². The van der Waals surface area contributed by atoms with Crippen molar-refractivity contribution in [2.75, 3.05) is 18.1 Å². The number of nitrogens with zero attached hydrogens (tertiary/aromatic N) is 3. The average molecular weight is 592 g/mol. The van der Waals surface area contributed by atoms with Gasteiger partial charge in [-0.05, 0) is 89.4 Å². The fourth-order valence-electron chi connectivity index (χ4n) is 4.57. The van der Waals surface area contributed by atoms with Crippen molar-refractivity contribution in [3.05, 3.63) is 107 Å². The summed E-state index contributed by atoms with van der Waals surface area (Å²) in [7, 11) is 0. The van der Waals surface area contributed by atoms with Gasteiger partial charge in [0.05, 0.1) is 34.6 Å². The van der Waals surface area contributed by atoms with Crippen LogP contribution in [0.3, 0.4) is 0 Å². The Morgan fingerprint density at radius 2 is 1.73 bits per heavy atom. The second kappa shape index (κ2) is 13.1. The van der Waals surface area contributed by atoms with Crippen LogP contribution in [0.4, 0.5) is 5.69 Å². The van der Waals surface area contributed by atoms with Gasteiger partial charge in [0, 0.05) is 22.0 Å². The normalized spacial score (nSPS) is 15.9. The highest BCUT2D eigenvalue weighted by Gasteiger charge is 2.33. The molecule has 0 bridgehead atoms. The number of hydrogen-bond donors (Lipinski definition) is 0. The summed E-state index contributed by atoms with van der Waals surface area (Å²) < 4.78 is 12.5. The monoisotopic (exact) mass is 591 g/mol. The molecule has 1 aliphatic heterocycles. The number of benzene rings is 1. The third kappa shape index (κ3) is 6.18. The number of allylic oxidation sites excluding steroid dienone is 5. The van der Waals surface area contributed by atoms with Crippen LogP contribution in [0.1, 0.15) is 62.8 Å². The summed E-state index contributed by atoms with van der Waals surface area (Å²) in [5.41, 5.74) is 3.89. The van der Waals surface area contributed by atoms with Gasteiger partial charge in [-0.15, -0.1) is 11.3 Å². The van der Waals surface area contributed by atoms with Crippen molar-refractivity contribution in [1.82, 2.24) is 4.57 Å². The molecule has 3 aromatic rings. The molecule has 214 valence electrons. The third-order valence-corrected chi connectivity index (χ3v) is 8.49. The van der Waals surface area contributed by atoms with E-state index in [0.717, 1.165) is 22.0 Å². The van der Waals surface area contributed by atoms with Crippen LogP contribution in [-0.2, 0) is 14.3 Å². The zero-order chi connectivity index (χ0) is 29.7. The van der Waals surface area contributed by atoms with Gasteiger partial charge in [-0.25, -0.2) is 14.6 Å². The number of rotatable bonds is 9. The Bertz CT molecular complexity index is 1710. The van der Waals surface area contributed by atoms with E-state index in [4.69, 9.17) is 9.47 Å². The number of aromatic nitrogens is 1. The number of carbonyl (C=O) groups is 2. The van der Waals surface area contributed by atoms with E-state index in [1.807, 2.05) is 67.5 Å². The molecule has 0 saturated carbocycles. The molecule has 0 radical (unpaired) electrons. The first-order valence-electron chi connectivity index (χ1n) is 13.3. The van der Waals surface area contributed by atoms with E-state index in [1.54, 1.807) is 43.5 Å². The minimum atomic E-state index is -0.600. The van der Waals surface area contributed by atoms with Gasteiger partial charge < -0.3 is 14.4 Å². The van der Waals surface area contributed by atoms with Crippen molar-refractivity contribution in [3.8, 4) is 0 Å². The van der Waals surface area contributed by atoms with Crippen molar-refractivity contribution in [2.24, 2.45) is 4.99 Å². The van der Waals surface area contributed by atoms with Crippen LogP contribution in [-0.4, -0.2) is 29.7 Å². The van der Waals surface area contributed by atoms with Crippen molar-refractivity contribution in [2.45, 2.75) is 47.6 Å². The molecule has 0 amide bonds. The lowest BCUT2D eigenvalue weighted by Crippen LogP contribution is -2.39. The molecule has 8 nitrogen and oxygen atoms in total. The number of thiazole rings is 1. The molecule has 1 aromatic carbocycles. The van der Waals surface area contributed by atoms with Crippen LogP contribution < -0.4 is 19.8 Å². The molecule has 0 saturated heterocycles. The predicted molar refractivity (Wildman–Crippen MR) is 164 cm³/mol. The smallest absolute Gasteiger partial charge is 0.338 e. The van der Waals surface area contributed by atoms with E-state index >= 15 is 0 Å². The Labute approximate surface area is 246 Å². The number of carbonyl (C=O) groups excluding carboxylic acids is 2. The van der Waals surface area contributed by atoms with Gasteiger partial charge in [-0.1, -0.05) is 23.5 Å². The maximum Gasteiger partial charge on any atom is 0.338 e. The number of hydrogen-bond acceptors (Lipinski definition) is 9. The largest absolute Gasteiger partial charge is 0.463 e. The molecule has 1 atom stereocenters. The Morgan fingerprint density at radius 1 is 1.05 bits per heavy atom. The number of fused-ring (bicyclic) bond motifs is 1. The van der Waals surface area contributed by atoms with E-state index in [0.29, 0.717) is 32.8 Å². The molecule has 0 aliphatic carbocycles. The van der Waals surface area contributed by atoms with E-state index in [1.165, 1.54) is 22.7 Å². The molecule has 1 unspecified atom stereocenters. The predicted octanol–water partition coefficient (Wildman–Crippen LogP) is 5.32. The van der Waals surface area contributed by atoms with E-state index in [9.17, 15) is 14.4 Å². The van der Waals surface area contributed by atoms with Gasteiger partial charge in [0.2, 0.25) is 0 Å². The first kappa shape index (κ1) is 30.0. The van der Waals surface area contributed by atoms with Crippen LogP contribution in [0.15, 0.2) is 86.4 Å². The van der Waals surface area contributed by atoms with Crippen LogP contribution in [0, 0.1) is 0 Å². The van der Waals surface area contributed by atoms with Gasteiger partial charge in [0.25, 0.3) is 5.56 Å². The van der Waals surface area contributed by atoms with Gasteiger partial charge in [0.15, 0.2) is 4.80 Å². The highest BCUT2D eigenvalue weighted by molar-refractivity contribution is 7.10. The van der Waals surface area contributed by atoms with Crippen molar-refractivity contribution >= 4 is 46.4 Å². The summed E-state index contributed by atoms with van der Waals surface area (Å²) in [6, 6.07) is 10.4.